The predicted molar refractivity (Wildman–Crippen MR) is 132 cm³/mol. The summed E-state index contributed by atoms with van der Waals surface area (Å²) < 4.78 is 7.78. The van der Waals surface area contributed by atoms with Crippen LogP contribution in [0.5, 0.6) is 0 Å². The number of amides is 1. The zero-order valence-electron chi connectivity index (χ0n) is 19.4. The molecule has 2 heterocycles. The topological polar surface area (TPSA) is 46.5 Å². The number of fused-ring (bicyclic) bond motifs is 1. The molecule has 1 saturated heterocycles. The minimum atomic E-state index is -0.0125. The second kappa shape index (κ2) is 9.94. The minimum Gasteiger partial charge on any atom is -0.379 e. The van der Waals surface area contributed by atoms with Crippen LogP contribution in [0.15, 0.2) is 60.7 Å². The first-order valence-corrected chi connectivity index (χ1v) is 12.2. The number of hydrogen-bond donors (Lipinski definition) is 1. The lowest BCUT2D eigenvalue weighted by molar-refractivity contribution is 0.0383. The smallest absolute Gasteiger partial charge is 0.251 e. The molecule has 5 heteroatoms. The lowest BCUT2D eigenvalue weighted by Gasteiger charge is -2.26. The summed E-state index contributed by atoms with van der Waals surface area (Å²) in [6.07, 6.45) is 3.44. The van der Waals surface area contributed by atoms with Crippen LogP contribution in [0.2, 0.25) is 0 Å². The van der Waals surface area contributed by atoms with Gasteiger partial charge in [0.25, 0.3) is 5.91 Å². The summed E-state index contributed by atoms with van der Waals surface area (Å²) >= 11 is 0. The number of hydrogen-bond acceptors (Lipinski definition) is 3. The van der Waals surface area contributed by atoms with E-state index in [1.54, 1.807) is 0 Å². The molecule has 2 aromatic carbocycles. The number of carbonyl (C=O) groups is 1. The molecule has 1 N–H and O–H groups in total. The Kier molecular flexibility index (Phi) is 6.60. The van der Waals surface area contributed by atoms with Gasteiger partial charge in [0.2, 0.25) is 0 Å². The summed E-state index contributed by atoms with van der Waals surface area (Å²) in [6.45, 7) is 7.30. The summed E-state index contributed by atoms with van der Waals surface area (Å²) in [7, 11) is 0. The van der Waals surface area contributed by atoms with Crippen molar-refractivity contribution in [1.29, 1.82) is 0 Å². The van der Waals surface area contributed by atoms with Gasteiger partial charge in [-0.15, -0.1) is 0 Å². The van der Waals surface area contributed by atoms with Crippen LogP contribution in [-0.4, -0.2) is 54.8 Å². The molecular formula is C28H33N3O2. The first kappa shape index (κ1) is 21.9. The minimum absolute atomic E-state index is 0.0125. The molecule has 1 aliphatic carbocycles. The van der Waals surface area contributed by atoms with Crippen molar-refractivity contribution in [3.63, 3.8) is 0 Å². The Hall–Kier alpha value is -2.89. The monoisotopic (exact) mass is 443 g/mol. The Morgan fingerprint density at radius 1 is 1.06 bits per heavy atom. The molecule has 2 aliphatic rings. The molecule has 5 rings (SSSR count). The highest BCUT2D eigenvalue weighted by molar-refractivity contribution is 5.94. The van der Waals surface area contributed by atoms with Crippen LogP contribution in [0, 0.1) is 5.92 Å². The predicted octanol–water partition coefficient (Wildman–Crippen LogP) is 4.33. The molecular weight excluding hydrogens is 410 g/mol. The molecule has 0 radical (unpaired) electrons. The number of nitrogens with one attached hydrogen (secondary N) is 1. The van der Waals surface area contributed by atoms with Crippen molar-refractivity contribution in [1.82, 2.24) is 14.8 Å². The van der Waals surface area contributed by atoms with E-state index >= 15 is 0 Å². The highest BCUT2D eigenvalue weighted by Crippen LogP contribution is 2.35. The van der Waals surface area contributed by atoms with Gasteiger partial charge in [0, 0.05) is 43.1 Å². The number of aromatic nitrogens is 1. The molecule has 0 bridgehead atoms. The average molecular weight is 444 g/mol. The third-order valence-corrected chi connectivity index (χ3v) is 6.91. The second-order valence-corrected chi connectivity index (χ2v) is 9.31. The maximum atomic E-state index is 12.7. The number of carbonyl (C=O) groups excluding carboxylic acids is 1. The molecule has 0 spiro atoms. The molecule has 0 saturated carbocycles. The fourth-order valence-electron chi connectivity index (χ4n) is 5.04. The third kappa shape index (κ3) is 4.90. The first-order chi connectivity index (χ1) is 16.2. The largest absolute Gasteiger partial charge is 0.379 e. The van der Waals surface area contributed by atoms with E-state index in [2.05, 4.69) is 70.2 Å². The molecule has 1 fully saturated rings. The SMILES string of the molecule is C[C@@H]1CCc2c(cc(-c3ccccc3)n2-c2ccc(C(=O)NCCN3CCOCC3)cc2)C1. The van der Waals surface area contributed by atoms with E-state index in [-0.39, 0.29) is 5.91 Å². The molecule has 0 unspecified atom stereocenters. The first-order valence-electron chi connectivity index (χ1n) is 12.2. The van der Waals surface area contributed by atoms with Gasteiger partial charge in [-0.3, -0.25) is 9.69 Å². The molecule has 172 valence electrons. The van der Waals surface area contributed by atoms with Crippen molar-refractivity contribution in [2.75, 3.05) is 39.4 Å². The second-order valence-electron chi connectivity index (χ2n) is 9.31. The van der Waals surface area contributed by atoms with Crippen molar-refractivity contribution in [2.24, 2.45) is 5.92 Å². The fraction of sp³-hybridized carbons (Fsp3) is 0.393. The summed E-state index contributed by atoms with van der Waals surface area (Å²) in [6, 6.07) is 21.0. The van der Waals surface area contributed by atoms with Crippen LogP contribution >= 0.6 is 0 Å². The Morgan fingerprint density at radius 3 is 2.58 bits per heavy atom. The van der Waals surface area contributed by atoms with Gasteiger partial charge in [0.05, 0.1) is 18.9 Å². The van der Waals surface area contributed by atoms with E-state index in [0.29, 0.717) is 12.1 Å². The molecule has 1 amide bonds. The number of benzene rings is 2. The lowest BCUT2D eigenvalue weighted by atomic mass is 9.89. The van der Waals surface area contributed by atoms with Gasteiger partial charge < -0.3 is 14.6 Å². The van der Waals surface area contributed by atoms with Crippen molar-refractivity contribution in [3.05, 3.63) is 77.5 Å². The van der Waals surface area contributed by atoms with E-state index in [9.17, 15) is 4.79 Å². The van der Waals surface area contributed by atoms with E-state index < -0.39 is 0 Å². The van der Waals surface area contributed by atoms with Crippen LogP contribution in [0.1, 0.15) is 35.0 Å². The summed E-state index contributed by atoms with van der Waals surface area (Å²) in [5.74, 6) is 0.710. The van der Waals surface area contributed by atoms with Gasteiger partial charge in [-0.05, 0) is 66.6 Å². The number of ether oxygens (including phenoxy) is 1. The lowest BCUT2D eigenvalue weighted by Crippen LogP contribution is -2.41. The Morgan fingerprint density at radius 2 is 1.82 bits per heavy atom. The van der Waals surface area contributed by atoms with Crippen LogP contribution in [0.4, 0.5) is 0 Å². The zero-order valence-corrected chi connectivity index (χ0v) is 19.4. The van der Waals surface area contributed by atoms with E-state index in [4.69, 9.17) is 4.74 Å². The average Bonchev–Trinajstić information content (AvgIpc) is 3.24. The van der Waals surface area contributed by atoms with Crippen LogP contribution in [0.3, 0.4) is 0 Å². The number of nitrogens with zero attached hydrogens (tertiary/aromatic N) is 2. The molecule has 1 aromatic heterocycles. The van der Waals surface area contributed by atoms with Crippen LogP contribution in [-0.2, 0) is 17.6 Å². The number of rotatable bonds is 6. The normalized spacial score (nSPS) is 18.6. The van der Waals surface area contributed by atoms with Gasteiger partial charge in [0.15, 0.2) is 0 Å². The van der Waals surface area contributed by atoms with Gasteiger partial charge in [-0.2, -0.15) is 0 Å². The van der Waals surface area contributed by atoms with Crippen LogP contribution < -0.4 is 5.32 Å². The van der Waals surface area contributed by atoms with E-state index in [1.165, 1.54) is 28.9 Å². The zero-order chi connectivity index (χ0) is 22.6. The highest BCUT2D eigenvalue weighted by atomic mass is 16.5. The van der Waals surface area contributed by atoms with Crippen molar-refractivity contribution in [3.8, 4) is 16.9 Å². The third-order valence-electron chi connectivity index (χ3n) is 6.91. The highest BCUT2D eigenvalue weighted by Gasteiger charge is 2.23. The maximum Gasteiger partial charge on any atom is 0.251 e. The van der Waals surface area contributed by atoms with Crippen molar-refractivity contribution in [2.45, 2.75) is 26.2 Å². The fourth-order valence-corrected chi connectivity index (χ4v) is 5.04. The van der Waals surface area contributed by atoms with Crippen molar-refractivity contribution < 1.29 is 9.53 Å². The van der Waals surface area contributed by atoms with Crippen LogP contribution in [0.25, 0.3) is 16.9 Å². The Bertz CT molecular complexity index is 1080. The van der Waals surface area contributed by atoms with Gasteiger partial charge >= 0.3 is 0 Å². The molecule has 5 nitrogen and oxygen atoms in total. The van der Waals surface area contributed by atoms with Gasteiger partial charge in [-0.1, -0.05) is 37.3 Å². The van der Waals surface area contributed by atoms with Gasteiger partial charge in [0.1, 0.15) is 0 Å². The Balaban J connectivity index is 1.35. The Labute approximate surface area is 196 Å². The number of morpholine rings is 1. The molecule has 3 aromatic rings. The van der Waals surface area contributed by atoms with Gasteiger partial charge in [-0.25, -0.2) is 0 Å². The molecule has 1 atom stereocenters. The summed E-state index contributed by atoms with van der Waals surface area (Å²) in [5.41, 5.74) is 7.15. The van der Waals surface area contributed by atoms with E-state index in [0.717, 1.165) is 57.3 Å². The van der Waals surface area contributed by atoms with E-state index in [1.807, 2.05) is 12.1 Å². The van der Waals surface area contributed by atoms with Crippen molar-refractivity contribution >= 4 is 5.91 Å². The quantitative estimate of drug-likeness (QED) is 0.617. The summed E-state index contributed by atoms with van der Waals surface area (Å²) in [5, 5.41) is 3.06. The standard InChI is InChI=1S/C28H33N3O2/c1-21-7-12-26-24(19-21)20-27(22-5-3-2-4-6-22)31(26)25-10-8-23(9-11-25)28(32)29-13-14-30-15-17-33-18-16-30/h2-6,8-11,20-21H,7,12-19H2,1H3,(H,29,32)/t21-/m1/s1. The maximum absolute atomic E-state index is 12.7. The molecule has 1 aliphatic heterocycles. The summed E-state index contributed by atoms with van der Waals surface area (Å²) in [4.78, 5) is 15.0. The molecule has 33 heavy (non-hydrogen) atoms.